The minimum absolute atomic E-state index is 0.0461. The van der Waals surface area contributed by atoms with Crippen LogP contribution in [0, 0.1) is 11.3 Å². The van der Waals surface area contributed by atoms with E-state index >= 15 is 0 Å². The van der Waals surface area contributed by atoms with Gasteiger partial charge in [0.05, 0.1) is 23.8 Å². The number of nitriles is 1. The quantitative estimate of drug-likeness (QED) is 0.821. The van der Waals surface area contributed by atoms with Crippen LogP contribution < -0.4 is 10.6 Å². The molecule has 1 aromatic rings. The number of rotatable bonds is 5. The van der Waals surface area contributed by atoms with Crippen LogP contribution >= 0.6 is 0 Å². The standard InChI is InChI=1S/C13H14F3N3O2/c1-2-21-6-5-18-12(20)19-10-4-3-9(8-17)11(7-10)13(14,15)16/h3-4,7H,2,5-6H2,1H3,(H2,18,19,20). The topological polar surface area (TPSA) is 74.2 Å². The van der Waals surface area contributed by atoms with Crippen molar-refractivity contribution in [1.82, 2.24) is 5.32 Å². The first-order valence-corrected chi connectivity index (χ1v) is 6.12. The van der Waals surface area contributed by atoms with Crippen molar-refractivity contribution < 1.29 is 22.7 Å². The SMILES string of the molecule is CCOCCNC(=O)Nc1ccc(C#N)c(C(F)(F)F)c1. The maximum atomic E-state index is 12.7. The Morgan fingerprint density at radius 3 is 2.71 bits per heavy atom. The molecule has 8 heteroatoms. The molecule has 0 radical (unpaired) electrons. The summed E-state index contributed by atoms with van der Waals surface area (Å²) in [6, 6.07) is 3.79. The van der Waals surface area contributed by atoms with Crippen LogP contribution in [0.4, 0.5) is 23.7 Å². The van der Waals surface area contributed by atoms with E-state index in [9.17, 15) is 18.0 Å². The molecule has 5 nitrogen and oxygen atoms in total. The Labute approximate surface area is 119 Å². The Kier molecular flexibility index (Phi) is 5.99. The van der Waals surface area contributed by atoms with Crippen molar-refractivity contribution in [2.24, 2.45) is 0 Å². The number of carbonyl (C=O) groups excluding carboxylic acids is 1. The summed E-state index contributed by atoms with van der Waals surface area (Å²) in [6.07, 6.45) is -4.66. The molecule has 0 atom stereocenters. The van der Waals surface area contributed by atoms with Crippen molar-refractivity contribution in [2.45, 2.75) is 13.1 Å². The van der Waals surface area contributed by atoms with Crippen molar-refractivity contribution in [1.29, 1.82) is 5.26 Å². The predicted molar refractivity (Wildman–Crippen MR) is 69.7 cm³/mol. The van der Waals surface area contributed by atoms with E-state index in [4.69, 9.17) is 10.00 Å². The van der Waals surface area contributed by atoms with Crippen molar-refractivity contribution in [2.75, 3.05) is 25.1 Å². The highest BCUT2D eigenvalue weighted by Crippen LogP contribution is 2.33. The molecule has 2 amide bonds. The van der Waals surface area contributed by atoms with Crippen molar-refractivity contribution >= 4 is 11.7 Å². The molecule has 0 unspecified atom stereocenters. The summed E-state index contributed by atoms with van der Waals surface area (Å²) >= 11 is 0. The maximum absolute atomic E-state index is 12.7. The summed E-state index contributed by atoms with van der Waals surface area (Å²) in [5.74, 6) is 0. The van der Waals surface area contributed by atoms with Gasteiger partial charge in [-0.25, -0.2) is 4.79 Å². The fourth-order valence-electron chi connectivity index (χ4n) is 1.51. The van der Waals surface area contributed by atoms with Crippen LogP contribution in [0.1, 0.15) is 18.1 Å². The molecule has 0 aliphatic rings. The number of alkyl halides is 3. The Balaban J connectivity index is 2.72. The minimum atomic E-state index is -4.66. The van der Waals surface area contributed by atoms with Crippen LogP contribution in [0.5, 0.6) is 0 Å². The second kappa shape index (κ2) is 7.50. The van der Waals surface area contributed by atoms with Crippen LogP contribution in [-0.2, 0) is 10.9 Å². The first kappa shape index (κ1) is 16.8. The van der Waals surface area contributed by atoms with Crippen molar-refractivity contribution in [3.05, 3.63) is 29.3 Å². The number of hydrogen-bond donors (Lipinski definition) is 2. The highest BCUT2D eigenvalue weighted by atomic mass is 19.4. The largest absolute Gasteiger partial charge is 0.417 e. The molecule has 0 saturated heterocycles. The summed E-state index contributed by atoms with van der Waals surface area (Å²) in [5, 5.41) is 13.4. The molecule has 0 bridgehead atoms. The predicted octanol–water partition coefficient (Wildman–Crippen LogP) is 2.74. The van der Waals surface area contributed by atoms with E-state index in [2.05, 4.69) is 10.6 Å². The number of carbonyl (C=O) groups is 1. The molecular weight excluding hydrogens is 287 g/mol. The van der Waals surface area contributed by atoms with Gasteiger partial charge in [0.1, 0.15) is 0 Å². The van der Waals surface area contributed by atoms with Crippen LogP contribution in [0.2, 0.25) is 0 Å². The van der Waals surface area contributed by atoms with E-state index in [0.717, 1.165) is 12.1 Å². The van der Waals surface area contributed by atoms with E-state index in [0.29, 0.717) is 13.2 Å². The second-order valence-electron chi connectivity index (χ2n) is 3.95. The summed E-state index contributed by atoms with van der Waals surface area (Å²) < 4.78 is 43.2. The Morgan fingerprint density at radius 1 is 1.43 bits per heavy atom. The summed E-state index contributed by atoms with van der Waals surface area (Å²) in [7, 11) is 0. The Morgan fingerprint density at radius 2 is 2.14 bits per heavy atom. The van der Waals surface area contributed by atoms with Crippen LogP contribution in [-0.4, -0.2) is 25.8 Å². The van der Waals surface area contributed by atoms with Crippen LogP contribution in [0.3, 0.4) is 0 Å². The molecule has 0 fully saturated rings. The molecule has 0 aliphatic carbocycles. The summed E-state index contributed by atoms with van der Waals surface area (Å²) in [6.45, 7) is 2.86. The van der Waals surface area contributed by atoms with E-state index in [1.54, 1.807) is 6.92 Å². The van der Waals surface area contributed by atoms with Gasteiger partial charge in [-0.2, -0.15) is 18.4 Å². The molecule has 0 aromatic heterocycles. The lowest BCUT2D eigenvalue weighted by Crippen LogP contribution is -2.31. The summed E-state index contributed by atoms with van der Waals surface area (Å²) in [5.41, 5.74) is -1.63. The summed E-state index contributed by atoms with van der Waals surface area (Å²) in [4.78, 5) is 11.5. The van der Waals surface area contributed by atoms with E-state index < -0.39 is 23.3 Å². The number of halogens is 3. The lowest BCUT2D eigenvalue weighted by atomic mass is 10.1. The second-order valence-corrected chi connectivity index (χ2v) is 3.95. The van der Waals surface area contributed by atoms with Gasteiger partial charge in [0.25, 0.3) is 0 Å². The highest BCUT2D eigenvalue weighted by molar-refractivity contribution is 5.89. The number of nitrogens with zero attached hydrogens (tertiary/aromatic N) is 1. The molecule has 2 N–H and O–H groups in total. The van der Waals surface area contributed by atoms with Crippen molar-refractivity contribution in [3.63, 3.8) is 0 Å². The fraction of sp³-hybridized carbons (Fsp3) is 0.385. The third-order valence-electron chi connectivity index (χ3n) is 2.44. The zero-order chi connectivity index (χ0) is 15.9. The van der Waals surface area contributed by atoms with Gasteiger partial charge in [0.2, 0.25) is 0 Å². The number of urea groups is 1. The lowest BCUT2D eigenvalue weighted by molar-refractivity contribution is -0.137. The number of hydrogen-bond acceptors (Lipinski definition) is 3. The van der Waals surface area contributed by atoms with Gasteiger partial charge < -0.3 is 15.4 Å². The average Bonchev–Trinajstić information content (AvgIpc) is 2.42. The van der Waals surface area contributed by atoms with E-state index in [1.165, 1.54) is 12.1 Å². The zero-order valence-corrected chi connectivity index (χ0v) is 11.3. The maximum Gasteiger partial charge on any atom is 0.417 e. The van der Waals surface area contributed by atoms with E-state index in [-0.39, 0.29) is 12.2 Å². The molecule has 0 aliphatic heterocycles. The molecular formula is C13H14F3N3O2. The first-order chi connectivity index (χ1) is 9.88. The smallest absolute Gasteiger partial charge is 0.380 e. The fourth-order valence-corrected chi connectivity index (χ4v) is 1.51. The third-order valence-corrected chi connectivity index (χ3v) is 2.44. The van der Waals surface area contributed by atoms with Gasteiger partial charge in [0.15, 0.2) is 0 Å². The number of anilines is 1. The Bertz CT molecular complexity index is 538. The van der Waals surface area contributed by atoms with Gasteiger partial charge >= 0.3 is 12.2 Å². The van der Waals surface area contributed by atoms with Crippen molar-refractivity contribution in [3.8, 4) is 6.07 Å². The monoisotopic (exact) mass is 301 g/mol. The number of amides is 2. The van der Waals surface area contributed by atoms with Gasteiger partial charge in [-0.1, -0.05) is 0 Å². The minimum Gasteiger partial charge on any atom is -0.380 e. The van der Waals surface area contributed by atoms with Gasteiger partial charge in [-0.3, -0.25) is 0 Å². The highest BCUT2D eigenvalue weighted by Gasteiger charge is 2.33. The third kappa shape index (κ3) is 5.31. The van der Waals surface area contributed by atoms with Gasteiger partial charge in [-0.05, 0) is 25.1 Å². The molecule has 0 spiro atoms. The molecule has 0 saturated carbocycles. The normalized spacial score (nSPS) is 10.8. The number of benzene rings is 1. The van der Waals surface area contributed by atoms with Crippen LogP contribution in [0.25, 0.3) is 0 Å². The number of nitrogens with one attached hydrogen (secondary N) is 2. The molecule has 0 heterocycles. The van der Waals surface area contributed by atoms with E-state index in [1.807, 2.05) is 0 Å². The Hall–Kier alpha value is -2.27. The zero-order valence-electron chi connectivity index (χ0n) is 11.3. The average molecular weight is 301 g/mol. The molecule has 1 aromatic carbocycles. The van der Waals surface area contributed by atoms with Gasteiger partial charge in [0, 0.05) is 18.8 Å². The lowest BCUT2D eigenvalue weighted by Gasteiger charge is -2.12. The molecule has 1 rings (SSSR count). The molecule has 21 heavy (non-hydrogen) atoms. The number of ether oxygens (including phenoxy) is 1. The first-order valence-electron chi connectivity index (χ1n) is 6.12. The van der Waals surface area contributed by atoms with Gasteiger partial charge in [-0.15, -0.1) is 0 Å². The van der Waals surface area contributed by atoms with Crippen LogP contribution in [0.15, 0.2) is 18.2 Å². The molecule has 114 valence electrons.